The summed E-state index contributed by atoms with van der Waals surface area (Å²) in [6.45, 7) is 0. The van der Waals surface area contributed by atoms with Crippen LogP contribution in [0.25, 0.3) is 0 Å². The fourth-order valence-corrected chi connectivity index (χ4v) is 22.0. The Morgan fingerprint density at radius 3 is 0.750 bits per heavy atom. The van der Waals surface area contributed by atoms with Gasteiger partial charge in [-0.3, -0.25) is 0 Å². The van der Waals surface area contributed by atoms with E-state index < -0.39 is 186 Å². The van der Waals surface area contributed by atoms with Gasteiger partial charge in [0.1, 0.15) is 0 Å². The van der Waals surface area contributed by atoms with Gasteiger partial charge in [0.15, 0.2) is 0 Å². The van der Waals surface area contributed by atoms with E-state index in [0.29, 0.717) is 0 Å². The van der Waals surface area contributed by atoms with Crippen LogP contribution in [0.1, 0.15) is 12.8 Å². The smallest absolute Gasteiger partial charge is 0.391 e. The van der Waals surface area contributed by atoms with Crippen molar-refractivity contribution in [2.45, 2.75) is 120 Å². The van der Waals surface area contributed by atoms with Gasteiger partial charge in [-0.1, -0.05) is 0 Å². The predicted molar refractivity (Wildman–Crippen MR) is 155 cm³/mol. The molecule has 0 aromatic carbocycles. The van der Waals surface area contributed by atoms with Gasteiger partial charge < -0.3 is 46.6 Å². The van der Waals surface area contributed by atoms with Gasteiger partial charge >= 0.3 is 161 Å². The molecule has 0 amide bonds. The van der Waals surface area contributed by atoms with Gasteiger partial charge in [-0.05, 0) is 0 Å². The zero-order valence-electron chi connectivity index (χ0n) is 31.7. The first-order valence-electron chi connectivity index (χ1n) is 16.5. The molecule has 3 fully saturated rings. The van der Waals surface area contributed by atoms with Crippen LogP contribution in [0.4, 0.5) is 149 Å². The van der Waals surface area contributed by atoms with E-state index in [2.05, 4.69) is 24.7 Å². The van der Waals surface area contributed by atoms with Crippen LogP contribution in [0.2, 0.25) is 12.1 Å². The van der Waals surface area contributed by atoms with E-state index in [-0.39, 0.29) is 0 Å². The zero-order valence-corrected chi connectivity index (χ0v) is 38.7. The summed E-state index contributed by atoms with van der Waals surface area (Å²) in [6.07, 6.45) is -23.4. The molecule has 0 aromatic heterocycles. The van der Waals surface area contributed by atoms with Crippen LogP contribution in [0, 0.1) is 0 Å². The van der Waals surface area contributed by atoms with E-state index in [4.69, 9.17) is 12.3 Å². The summed E-state index contributed by atoms with van der Waals surface area (Å²) in [6, 6.07) is -5.65. The Morgan fingerprint density at radius 1 is 0.292 bits per heavy atom. The molecular formula is C20H10F34O11Si7. The molecule has 3 rings (SSSR count). The molecule has 6 radical (unpaired) electrons. The lowest BCUT2D eigenvalue weighted by atomic mass is 9.88. The van der Waals surface area contributed by atoms with E-state index >= 15 is 0 Å². The van der Waals surface area contributed by atoms with Crippen molar-refractivity contribution in [3.05, 3.63) is 0 Å². The Bertz CT molecular complexity index is 1820. The molecular weight excluding hydrogens is 1260 g/mol. The van der Waals surface area contributed by atoms with Crippen molar-refractivity contribution in [2.24, 2.45) is 0 Å². The second-order valence-electron chi connectivity index (χ2n) is 13.7. The van der Waals surface area contributed by atoms with Gasteiger partial charge in [0.05, 0.1) is 0 Å². The van der Waals surface area contributed by atoms with Crippen molar-refractivity contribution in [3.63, 3.8) is 0 Å². The van der Waals surface area contributed by atoms with Crippen molar-refractivity contribution >= 4 is 65.7 Å². The second-order valence-corrected chi connectivity index (χ2v) is 27.1. The molecule has 3 heterocycles. The summed E-state index contributed by atoms with van der Waals surface area (Å²) in [7, 11) is -32.7. The topological polar surface area (TPSA) is 124 Å². The minimum absolute atomic E-state index is 1.99. The molecule has 422 valence electrons. The number of hydrogen-bond acceptors (Lipinski definition) is 11. The van der Waals surface area contributed by atoms with Crippen molar-refractivity contribution in [1.82, 2.24) is 0 Å². The maximum Gasteiger partial charge on any atom is 0.553 e. The molecule has 52 heteroatoms. The molecule has 2 atom stereocenters. The standard InChI is InChI=1S/C20H10F34O11Si7/c21-5(22,7(25,26)9(29,30)11(33,34)13(37,38)15(41,42)17(45,46)19(49,50)51)1-3-71(55)62-67-57-66-58-68-60-69(59-67)61-70(64-71)65-72(56,63-68)4-2-6(23,24)8(27,28)10(31,32)12(35,36)14(39,40)16(43,44)18(47,48)20(52,53)54/h55-56H,1-4H2. The van der Waals surface area contributed by atoms with Crippen LogP contribution >= 0.6 is 0 Å². The molecule has 3 aliphatic rings. The predicted octanol–water partition coefficient (Wildman–Crippen LogP) is 8.31. The fourth-order valence-electron chi connectivity index (χ4n) is 4.65. The average Bonchev–Trinajstić information content (AvgIpc) is 3.15. The molecule has 2 N–H and O–H groups in total. The number of hydrogen-bond donors (Lipinski definition) is 2. The molecule has 72 heavy (non-hydrogen) atoms. The SMILES string of the molecule is O[Si]1(CCC(F)(F)C(F)(F)C(F)(F)C(F)(F)C(F)(F)C(F)(F)C(F)(F)C(F)(F)F)O[Si]2O[Si]O[Si]3O[Si](O2)O[Si](O1)O[Si](O)(CCC(F)(F)C(F)(F)C(F)(F)C(F)(F)C(F)(F)C(F)(F)C(F)(F)C(F)(F)F)O3. The number of rotatable bonds is 18. The Kier molecular flexibility index (Phi) is 16.9. The van der Waals surface area contributed by atoms with E-state index in [1.807, 2.05) is 0 Å². The summed E-state index contributed by atoms with van der Waals surface area (Å²) in [5.41, 5.74) is 0. The third kappa shape index (κ3) is 10.1. The highest BCUT2D eigenvalue weighted by atomic mass is 28.6. The molecule has 0 aromatic rings. The van der Waals surface area contributed by atoms with Gasteiger partial charge in [-0.15, -0.1) is 0 Å². The first-order chi connectivity index (χ1) is 31.2. The second kappa shape index (κ2) is 18.7. The molecule has 3 aliphatic heterocycles. The first-order valence-corrected chi connectivity index (χ1v) is 26.1. The maximum atomic E-state index is 14.8. The molecule has 0 saturated carbocycles. The van der Waals surface area contributed by atoms with Crippen molar-refractivity contribution < 1.29 is 196 Å². The minimum Gasteiger partial charge on any atom is -0.391 e. The fraction of sp³-hybridized carbons (Fsp3) is 1.00. The van der Waals surface area contributed by atoms with Crippen molar-refractivity contribution in [2.75, 3.05) is 0 Å². The lowest BCUT2D eigenvalue weighted by molar-refractivity contribution is -0.461. The lowest BCUT2D eigenvalue weighted by Crippen LogP contribution is -2.74. The summed E-state index contributed by atoms with van der Waals surface area (Å²) in [5, 5.41) is 0. The Hall–Kier alpha value is -1.30. The lowest BCUT2D eigenvalue weighted by Gasteiger charge is -2.43. The van der Waals surface area contributed by atoms with Crippen LogP contribution in [0.5, 0.6) is 0 Å². The first kappa shape index (κ1) is 65.0. The van der Waals surface area contributed by atoms with Crippen LogP contribution < -0.4 is 0 Å². The van der Waals surface area contributed by atoms with Gasteiger partial charge in [0.25, 0.3) is 0 Å². The number of halogens is 34. The van der Waals surface area contributed by atoms with Gasteiger partial charge in [0.2, 0.25) is 0 Å². The average molecular weight is 1270 g/mol. The molecule has 2 unspecified atom stereocenters. The third-order valence-electron chi connectivity index (χ3n) is 8.81. The van der Waals surface area contributed by atoms with Gasteiger partial charge in [-0.25, -0.2) is 0 Å². The third-order valence-corrected chi connectivity index (χ3v) is 24.3. The number of alkyl halides is 34. The van der Waals surface area contributed by atoms with Crippen LogP contribution in [-0.4, -0.2) is 171 Å². The van der Waals surface area contributed by atoms with Gasteiger partial charge in [0, 0.05) is 24.9 Å². The monoisotopic (exact) mass is 1270 g/mol. The highest BCUT2D eigenvalue weighted by molar-refractivity contribution is 6.82. The Balaban J connectivity index is 2.00. The molecule has 0 aliphatic carbocycles. The molecule has 0 spiro atoms. The molecule has 11 nitrogen and oxygen atoms in total. The van der Waals surface area contributed by atoms with Crippen LogP contribution in [-0.2, 0) is 37.0 Å². The van der Waals surface area contributed by atoms with Crippen LogP contribution in [0.15, 0.2) is 0 Å². The van der Waals surface area contributed by atoms with Crippen molar-refractivity contribution in [1.29, 1.82) is 0 Å². The summed E-state index contributed by atoms with van der Waals surface area (Å²) in [5.74, 6) is -121. The van der Waals surface area contributed by atoms with Gasteiger partial charge in [-0.2, -0.15) is 149 Å². The van der Waals surface area contributed by atoms with E-state index in [1.54, 1.807) is 0 Å². The zero-order chi connectivity index (χ0) is 57.2. The summed E-state index contributed by atoms with van der Waals surface area (Å²) >= 11 is 0. The highest BCUT2D eigenvalue weighted by Crippen LogP contribution is 2.66. The maximum absolute atomic E-state index is 14.8. The highest BCUT2D eigenvalue weighted by Gasteiger charge is 2.97. The summed E-state index contributed by atoms with van der Waals surface area (Å²) < 4.78 is 509. The number of fused-ring (bicyclic) bond motifs is 3. The summed E-state index contributed by atoms with van der Waals surface area (Å²) in [4.78, 5) is 21.6. The largest absolute Gasteiger partial charge is 0.553 e. The van der Waals surface area contributed by atoms with Crippen LogP contribution in [0.3, 0.4) is 0 Å². The Labute approximate surface area is 382 Å². The van der Waals surface area contributed by atoms with E-state index in [1.165, 1.54) is 0 Å². The molecule has 3 saturated heterocycles. The normalized spacial score (nSPS) is 24.5. The minimum atomic E-state index is -9.11. The van der Waals surface area contributed by atoms with Crippen molar-refractivity contribution in [3.8, 4) is 0 Å². The molecule has 4 bridgehead atoms. The van der Waals surface area contributed by atoms with E-state index in [9.17, 15) is 159 Å². The quantitative estimate of drug-likeness (QED) is 0.102. The van der Waals surface area contributed by atoms with E-state index in [0.717, 1.165) is 0 Å². The Morgan fingerprint density at radius 2 is 0.500 bits per heavy atom.